The number of methoxy groups -OCH3 is 1. The van der Waals surface area contributed by atoms with E-state index < -0.39 is 24.4 Å². The Morgan fingerprint density at radius 1 is 1.14 bits per heavy atom. The normalized spacial score (nSPS) is 16.0. The summed E-state index contributed by atoms with van der Waals surface area (Å²) in [6.45, 7) is -0.211. The Hall–Kier alpha value is -3.06. The summed E-state index contributed by atoms with van der Waals surface area (Å²) in [6.07, 6.45) is 0.0453. The molecule has 146 valence electrons. The van der Waals surface area contributed by atoms with Crippen LogP contribution >= 0.6 is 11.6 Å². The van der Waals surface area contributed by atoms with Gasteiger partial charge in [0.2, 0.25) is 5.91 Å². The van der Waals surface area contributed by atoms with Gasteiger partial charge in [-0.2, -0.15) is 0 Å². The van der Waals surface area contributed by atoms with Gasteiger partial charge in [0.05, 0.1) is 13.0 Å². The molecule has 7 nitrogen and oxygen atoms in total. The first kappa shape index (κ1) is 19.7. The fraction of sp³-hybridized carbons (Fsp3) is 0.250. The van der Waals surface area contributed by atoms with Crippen molar-refractivity contribution < 1.29 is 23.9 Å². The Labute approximate surface area is 167 Å². The van der Waals surface area contributed by atoms with E-state index in [1.165, 1.54) is 4.90 Å². The Bertz CT molecular complexity index is 867. The minimum atomic E-state index is -0.613. The van der Waals surface area contributed by atoms with E-state index in [0.29, 0.717) is 22.1 Å². The highest BCUT2D eigenvalue weighted by Gasteiger charge is 2.36. The highest BCUT2D eigenvalue weighted by atomic mass is 35.5. The quantitative estimate of drug-likeness (QED) is 0.751. The SMILES string of the molecule is COc1ccc(N2C[C@@H](C(=O)OCC(=O)Nc3ccc(Cl)cc3)CC2=O)cc1. The molecule has 1 heterocycles. The molecule has 1 aliphatic rings. The summed E-state index contributed by atoms with van der Waals surface area (Å²) in [5, 5.41) is 3.16. The highest BCUT2D eigenvalue weighted by Crippen LogP contribution is 2.27. The second-order valence-corrected chi connectivity index (χ2v) is 6.70. The van der Waals surface area contributed by atoms with Gasteiger partial charge in [-0.3, -0.25) is 14.4 Å². The summed E-state index contributed by atoms with van der Waals surface area (Å²) >= 11 is 5.79. The van der Waals surface area contributed by atoms with Crippen LogP contribution in [0.2, 0.25) is 5.02 Å². The van der Waals surface area contributed by atoms with Gasteiger partial charge in [-0.15, -0.1) is 0 Å². The van der Waals surface area contributed by atoms with Gasteiger partial charge in [-0.05, 0) is 48.5 Å². The van der Waals surface area contributed by atoms with Crippen LogP contribution in [0.15, 0.2) is 48.5 Å². The van der Waals surface area contributed by atoms with Crippen LogP contribution in [0, 0.1) is 5.92 Å². The fourth-order valence-electron chi connectivity index (χ4n) is 2.86. The lowest BCUT2D eigenvalue weighted by molar-refractivity contribution is -0.151. The third kappa shape index (κ3) is 4.80. The molecule has 1 N–H and O–H groups in total. The van der Waals surface area contributed by atoms with Crippen molar-refractivity contribution in [2.75, 3.05) is 30.5 Å². The minimum absolute atomic E-state index is 0.0453. The van der Waals surface area contributed by atoms with E-state index in [9.17, 15) is 14.4 Å². The number of nitrogens with zero attached hydrogens (tertiary/aromatic N) is 1. The number of nitrogens with one attached hydrogen (secondary N) is 1. The molecule has 8 heteroatoms. The molecule has 28 heavy (non-hydrogen) atoms. The number of hydrogen-bond acceptors (Lipinski definition) is 5. The Balaban J connectivity index is 1.51. The maximum absolute atomic E-state index is 12.3. The van der Waals surface area contributed by atoms with Crippen LogP contribution in [0.4, 0.5) is 11.4 Å². The number of hydrogen-bond donors (Lipinski definition) is 1. The molecular formula is C20H19ClN2O5. The van der Waals surface area contributed by atoms with E-state index >= 15 is 0 Å². The van der Waals surface area contributed by atoms with E-state index in [0.717, 1.165) is 0 Å². The molecule has 1 saturated heterocycles. The van der Waals surface area contributed by atoms with Crippen molar-refractivity contribution >= 4 is 40.8 Å². The predicted octanol–water partition coefficient (Wildman–Crippen LogP) is 2.88. The number of benzene rings is 2. The first-order valence-electron chi connectivity index (χ1n) is 8.62. The number of rotatable bonds is 6. The number of ether oxygens (including phenoxy) is 2. The molecule has 3 rings (SSSR count). The summed E-state index contributed by atoms with van der Waals surface area (Å²) in [5.74, 6) is -1.14. The summed E-state index contributed by atoms with van der Waals surface area (Å²) in [7, 11) is 1.56. The largest absolute Gasteiger partial charge is 0.497 e. The van der Waals surface area contributed by atoms with Crippen molar-refractivity contribution in [3.63, 3.8) is 0 Å². The summed E-state index contributed by atoms with van der Waals surface area (Å²) in [4.78, 5) is 37.9. The van der Waals surface area contributed by atoms with Crippen LogP contribution in [-0.4, -0.2) is 38.0 Å². The van der Waals surface area contributed by atoms with Gasteiger partial charge in [-0.1, -0.05) is 11.6 Å². The molecule has 0 spiro atoms. The van der Waals surface area contributed by atoms with Crippen LogP contribution in [0.25, 0.3) is 0 Å². The van der Waals surface area contributed by atoms with Crippen molar-refractivity contribution in [3.05, 3.63) is 53.6 Å². The Morgan fingerprint density at radius 2 is 1.82 bits per heavy atom. The molecule has 0 aliphatic carbocycles. The maximum Gasteiger partial charge on any atom is 0.311 e. The van der Waals surface area contributed by atoms with Crippen LogP contribution < -0.4 is 15.0 Å². The van der Waals surface area contributed by atoms with E-state index in [1.54, 1.807) is 55.6 Å². The minimum Gasteiger partial charge on any atom is -0.497 e. The van der Waals surface area contributed by atoms with Crippen molar-refractivity contribution in [2.45, 2.75) is 6.42 Å². The zero-order valence-corrected chi connectivity index (χ0v) is 15.9. The zero-order valence-electron chi connectivity index (χ0n) is 15.2. The van der Waals surface area contributed by atoms with Crippen molar-refractivity contribution in [2.24, 2.45) is 5.92 Å². The topological polar surface area (TPSA) is 84.9 Å². The van der Waals surface area contributed by atoms with Gasteiger partial charge in [-0.25, -0.2) is 0 Å². The van der Waals surface area contributed by atoms with Crippen LogP contribution in [0.5, 0.6) is 5.75 Å². The molecule has 0 unspecified atom stereocenters. The molecule has 2 amide bonds. The van der Waals surface area contributed by atoms with Gasteiger partial charge < -0.3 is 19.7 Å². The summed E-state index contributed by atoms with van der Waals surface area (Å²) in [6, 6.07) is 13.6. The lowest BCUT2D eigenvalue weighted by Crippen LogP contribution is -2.28. The van der Waals surface area contributed by atoms with Crippen LogP contribution in [-0.2, 0) is 19.1 Å². The average Bonchev–Trinajstić information content (AvgIpc) is 3.10. The van der Waals surface area contributed by atoms with Crippen LogP contribution in [0.1, 0.15) is 6.42 Å². The molecule has 0 bridgehead atoms. The smallest absolute Gasteiger partial charge is 0.311 e. The van der Waals surface area contributed by atoms with Gasteiger partial charge in [0.1, 0.15) is 5.75 Å². The monoisotopic (exact) mass is 402 g/mol. The molecular weight excluding hydrogens is 384 g/mol. The lowest BCUT2D eigenvalue weighted by atomic mass is 10.1. The highest BCUT2D eigenvalue weighted by molar-refractivity contribution is 6.30. The van der Waals surface area contributed by atoms with Gasteiger partial charge in [0.25, 0.3) is 5.91 Å². The lowest BCUT2D eigenvalue weighted by Gasteiger charge is -2.16. The Kier molecular flexibility index (Phi) is 6.16. The second-order valence-electron chi connectivity index (χ2n) is 6.27. The molecule has 0 aromatic heterocycles. The van der Waals surface area contributed by atoms with Gasteiger partial charge in [0, 0.05) is 29.4 Å². The molecule has 0 saturated carbocycles. The number of amides is 2. The van der Waals surface area contributed by atoms with E-state index in [2.05, 4.69) is 5.32 Å². The van der Waals surface area contributed by atoms with Crippen molar-refractivity contribution in [1.29, 1.82) is 0 Å². The molecule has 1 fully saturated rings. The molecule has 0 radical (unpaired) electrons. The number of esters is 1. The predicted molar refractivity (Wildman–Crippen MR) is 104 cm³/mol. The molecule has 2 aromatic rings. The molecule has 1 atom stereocenters. The summed E-state index contributed by atoms with van der Waals surface area (Å²) in [5.41, 5.74) is 1.23. The fourth-order valence-corrected chi connectivity index (χ4v) is 2.99. The van der Waals surface area contributed by atoms with E-state index in [-0.39, 0.29) is 18.9 Å². The first-order chi connectivity index (χ1) is 13.5. The van der Waals surface area contributed by atoms with Gasteiger partial charge in [0.15, 0.2) is 6.61 Å². The number of carbonyl (C=O) groups is 3. The zero-order chi connectivity index (χ0) is 20.1. The van der Waals surface area contributed by atoms with Crippen molar-refractivity contribution in [3.8, 4) is 5.75 Å². The number of anilines is 2. The Morgan fingerprint density at radius 3 is 2.46 bits per heavy atom. The second kappa shape index (κ2) is 8.75. The average molecular weight is 403 g/mol. The van der Waals surface area contributed by atoms with Crippen LogP contribution in [0.3, 0.4) is 0 Å². The number of carbonyl (C=O) groups excluding carboxylic acids is 3. The number of halogens is 1. The van der Waals surface area contributed by atoms with E-state index in [4.69, 9.17) is 21.1 Å². The standard InChI is InChI=1S/C20H19ClN2O5/c1-27-17-8-6-16(7-9-17)23-11-13(10-19(23)25)20(26)28-12-18(24)22-15-4-2-14(21)3-5-15/h2-9,13H,10-12H2,1H3,(H,22,24)/t13-/m0/s1. The maximum atomic E-state index is 12.3. The first-order valence-corrected chi connectivity index (χ1v) is 9.00. The molecule has 2 aromatic carbocycles. The van der Waals surface area contributed by atoms with Crippen molar-refractivity contribution in [1.82, 2.24) is 0 Å². The van der Waals surface area contributed by atoms with E-state index in [1.807, 2.05) is 0 Å². The van der Waals surface area contributed by atoms with Gasteiger partial charge >= 0.3 is 5.97 Å². The third-order valence-electron chi connectivity index (χ3n) is 4.32. The third-order valence-corrected chi connectivity index (χ3v) is 4.57. The molecule has 1 aliphatic heterocycles. The summed E-state index contributed by atoms with van der Waals surface area (Å²) < 4.78 is 10.2.